The van der Waals surface area contributed by atoms with E-state index >= 15 is 0 Å². The van der Waals surface area contributed by atoms with E-state index in [0.29, 0.717) is 31.7 Å². The van der Waals surface area contributed by atoms with Crippen LogP contribution in [0.25, 0.3) is 0 Å². The second-order valence-electron chi connectivity index (χ2n) is 6.90. The largest absolute Gasteiger partial charge is 0.322 e. The molecule has 0 aromatic heterocycles. The number of carbonyl (C=O) groups is 1. The van der Waals surface area contributed by atoms with Gasteiger partial charge in [-0.2, -0.15) is 4.31 Å². The predicted octanol–water partition coefficient (Wildman–Crippen LogP) is 2.32. The van der Waals surface area contributed by atoms with Gasteiger partial charge in [-0.05, 0) is 36.2 Å². The average molecular weight is 388 g/mol. The first-order valence-corrected chi connectivity index (χ1v) is 10.8. The third-order valence-corrected chi connectivity index (χ3v) is 6.12. The molecule has 0 bridgehead atoms. The van der Waals surface area contributed by atoms with Crippen molar-refractivity contribution in [3.8, 4) is 0 Å². The number of para-hydroxylation sites is 1. The van der Waals surface area contributed by atoms with Gasteiger partial charge >= 0.3 is 0 Å². The van der Waals surface area contributed by atoms with E-state index in [1.165, 1.54) is 10.6 Å². The van der Waals surface area contributed by atoms with E-state index in [-0.39, 0.29) is 5.91 Å². The van der Waals surface area contributed by atoms with Gasteiger partial charge in [0.05, 0.1) is 6.26 Å². The maximum Gasteiger partial charge on any atom is 0.255 e. The topological polar surface area (TPSA) is 69.7 Å². The van der Waals surface area contributed by atoms with Crippen LogP contribution in [0.4, 0.5) is 5.69 Å². The number of nitrogens with zero attached hydrogens (tertiary/aromatic N) is 2. The number of piperazine rings is 1. The van der Waals surface area contributed by atoms with E-state index in [1.807, 2.05) is 55.5 Å². The first-order chi connectivity index (χ1) is 12.8. The highest BCUT2D eigenvalue weighted by Gasteiger charge is 2.23. The minimum Gasteiger partial charge on any atom is -0.322 e. The van der Waals surface area contributed by atoms with Gasteiger partial charge in [0.1, 0.15) is 0 Å². The van der Waals surface area contributed by atoms with Gasteiger partial charge < -0.3 is 5.32 Å². The van der Waals surface area contributed by atoms with Crippen LogP contribution in [-0.4, -0.2) is 56.0 Å². The number of sulfonamides is 1. The van der Waals surface area contributed by atoms with Crippen molar-refractivity contribution in [1.82, 2.24) is 9.21 Å². The third kappa shape index (κ3) is 5.15. The summed E-state index contributed by atoms with van der Waals surface area (Å²) in [4.78, 5) is 14.6. The maximum atomic E-state index is 12.4. The molecule has 7 heteroatoms. The Labute approximate surface area is 160 Å². The molecule has 6 nitrogen and oxygen atoms in total. The Kier molecular flexibility index (Phi) is 5.94. The summed E-state index contributed by atoms with van der Waals surface area (Å²) in [5.74, 6) is -0.127. The molecule has 1 aliphatic rings. The van der Waals surface area contributed by atoms with Crippen LogP contribution < -0.4 is 5.32 Å². The molecule has 0 aliphatic carbocycles. The first-order valence-electron chi connectivity index (χ1n) is 8.96. The molecule has 0 saturated carbocycles. The molecule has 1 aliphatic heterocycles. The molecule has 1 N–H and O–H groups in total. The van der Waals surface area contributed by atoms with E-state index in [0.717, 1.165) is 23.4 Å². The molecule has 27 heavy (non-hydrogen) atoms. The summed E-state index contributed by atoms with van der Waals surface area (Å²) in [7, 11) is -3.10. The van der Waals surface area contributed by atoms with Crippen LogP contribution in [0.3, 0.4) is 0 Å². The van der Waals surface area contributed by atoms with E-state index in [1.54, 1.807) is 0 Å². The van der Waals surface area contributed by atoms with Gasteiger partial charge in [-0.15, -0.1) is 0 Å². The highest BCUT2D eigenvalue weighted by molar-refractivity contribution is 7.88. The van der Waals surface area contributed by atoms with Crippen molar-refractivity contribution >= 4 is 21.6 Å². The lowest BCUT2D eigenvalue weighted by Gasteiger charge is -2.33. The highest BCUT2D eigenvalue weighted by Crippen LogP contribution is 2.16. The fourth-order valence-corrected chi connectivity index (χ4v) is 3.97. The third-order valence-electron chi connectivity index (χ3n) is 4.82. The Morgan fingerprint density at radius 1 is 1.00 bits per heavy atom. The number of benzene rings is 2. The second kappa shape index (κ2) is 8.21. The van der Waals surface area contributed by atoms with Crippen molar-refractivity contribution in [3.63, 3.8) is 0 Å². The summed E-state index contributed by atoms with van der Waals surface area (Å²) in [5, 5.41) is 2.93. The van der Waals surface area contributed by atoms with Crippen molar-refractivity contribution in [2.75, 3.05) is 37.8 Å². The minimum atomic E-state index is -3.10. The summed E-state index contributed by atoms with van der Waals surface area (Å²) in [5.41, 5.74) is 3.56. The van der Waals surface area contributed by atoms with Crippen LogP contribution >= 0.6 is 0 Å². The number of hydrogen-bond acceptors (Lipinski definition) is 4. The molecule has 1 heterocycles. The Bertz CT molecular complexity index is 902. The monoisotopic (exact) mass is 387 g/mol. The van der Waals surface area contributed by atoms with Crippen molar-refractivity contribution in [1.29, 1.82) is 0 Å². The van der Waals surface area contributed by atoms with Gasteiger partial charge in [0.2, 0.25) is 10.0 Å². The Morgan fingerprint density at radius 2 is 1.63 bits per heavy atom. The molecule has 1 amide bonds. The van der Waals surface area contributed by atoms with Crippen LogP contribution in [0.1, 0.15) is 21.5 Å². The van der Waals surface area contributed by atoms with Crippen LogP contribution in [-0.2, 0) is 16.6 Å². The van der Waals surface area contributed by atoms with E-state index in [9.17, 15) is 13.2 Å². The summed E-state index contributed by atoms with van der Waals surface area (Å²) in [6.07, 6.45) is 1.25. The molecular weight excluding hydrogens is 362 g/mol. The number of nitrogens with one attached hydrogen (secondary N) is 1. The molecule has 3 rings (SSSR count). The van der Waals surface area contributed by atoms with E-state index in [2.05, 4.69) is 10.2 Å². The molecule has 0 radical (unpaired) electrons. The molecule has 2 aromatic carbocycles. The standard InChI is InChI=1S/C20H25N3O3S/c1-16-5-3-4-6-19(16)21-20(24)18-9-7-17(8-10-18)15-22-11-13-23(14-12-22)27(2,25)26/h3-10H,11-15H2,1-2H3,(H,21,24). The number of hydrogen-bond donors (Lipinski definition) is 1. The van der Waals surface area contributed by atoms with Crippen LogP contribution in [0.2, 0.25) is 0 Å². The van der Waals surface area contributed by atoms with Gasteiger partial charge in [-0.3, -0.25) is 9.69 Å². The second-order valence-corrected chi connectivity index (χ2v) is 8.89. The molecule has 1 fully saturated rings. The summed E-state index contributed by atoms with van der Waals surface area (Å²) in [6, 6.07) is 15.3. The molecule has 0 atom stereocenters. The van der Waals surface area contributed by atoms with E-state index in [4.69, 9.17) is 0 Å². The first kappa shape index (κ1) is 19.5. The normalized spacial score (nSPS) is 16.2. The molecule has 0 unspecified atom stereocenters. The van der Waals surface area contributed by atoms with Gasteiger partial charge in [0, 0.05) is 44.0 Å². The molecule has 1 saturated heterocycles. The van der Waals surface area contributed by atoms with Gasteiger partial charge in [-0.25, -0.2) is 8.42 Å². The number of amides is 1. The van der Waals surface area contributed by atoms with Crippen molar-refractivity contribution < 1.29 is 13.2 Å². The average Bonchev–Trinajstić information content (AvgIpc) is 2.64. The molecule has 144 valence electrons. The summed E-state index contributed by atoms with van der Waals surface area (Å²) < 4.78 is 24.7. The highest BCUT2D eigenvalue weighted by atomic mass is 32.2. The molecular formula is C20H25N3O3S. The SMILES string of the molecule is Cc1ccccc1NC(=O)c1ccc(CN2CCN(S(C)(=O)=O)CC2)cc1. The van der Waals surface area contributed by atoms with Crippen molar-refractivity contribution in [2.24, 2.45) is 0 Å². The number of carbonyl (C=O) groups excluding carboxylic acids is 1. The number of anilines is 1. The Morgan fingerprint density at radius 3 is 2.22 bits per heavy atom. The molecule has 0 spiro atoms. The maximum absolute atomic E-state index is 12.4. The Balaban J connectivity index is 1.56. The van der Waals surface area contributed by atoms with Gasteiger partial charge in [0.25, 0.3) is 5.91 Å². The van der Waals surface area contributed by atoms with E-state index < -0.39 is 10.0 Å². The Hall–Kier alpha value is -2.22. The smallest absolute Gasteiger partial charge is 0.255 e. The van der Waals surface area contributed by atoms with Crippen LogP contribution in [0.15, 0.2) is 48.5 Å². The fourth-order valence-electron chi connectivity index (χ4n) is 3.15. The van der Waals surface area contributed by atoms with Crippen molar-refractivity contribution in [3.05, 3.63) is 65.2 Å². The zero-order valence-corrected chi connectivity index (χ0v) is 16.5. The van der Waals surface area contributed by atoms with Crippen LogP contribution in [0.5, 0.6) is 0 Å². The van der Waals surface area contributed by atoms with Crippen LogP contribution in [0, 0.1) is 6.92 Å². The fraction of sp³-hybridized carbons (Fsp3) is 0.350. The molecule has 2 aromatic rings. The lowest BCUT2D eigenvalue weighted by atomic mass is 10.1. The zero-order valence-electron chi connectivity index (χ0n) is 15.7. The summed E-state index contributed by atoms with van der Waals surface area (Å²) in [6.45, 7) is 5.18. The quantitative estimate of drug-likeness (QED) is 0.855. The zero-order chi connectivity index (χ0) is 19.4. The lowest BCUT2D eigenvalue weighted by molar-refractivity contribution is 0.102. The van der Waals surface area contributed by atoms with Gasteiger partial charge in [-0.1, -0.05) is 30.3 Å². The lowest BCUT2D eigenvalue weighted by Crippen LogP contribution is -2.47. The number of aryl methyl sites for hydroxylation is 1. The summed E-state index contributed by atoms with van der Waals surface area (Å²) >= 11 is 0. The van der Waals surface area contributed by atoms with Crippen molar-refractivity contribution in [2.45, 2.75) is 13.5 Å². The van der Waals surface area contributed by atoms with Gasteiger partial charge in [0.15, 0.2) is 0 Å². The number of rotatable bonds is 5. The predicted molar refractivity (Wildman–Crippen MR) is 107 cm³/mol. The minimum absolute atomic E-state index is 0.127.